The van der Waals surface area contributed by atoms with Crippen molar-refractivity contribution in [3.8, 4) is 0 Å². The van der Waals surface area contributed by atoms with Crippen LogP contribution in [0.4, 0.5) is 15.2 Å². The summed E-state index contributed by atoms with van der Waals surface area (Å²) in [6, 6.07) is 10.8. The van der Waals surface area contributed by atoms with Crippen LogP contribution in [-0.2, 0) is 4.79 Å². The van der Waals surface area contributed by atoms with E-state index in [4.69, 9.17) is 11.6 Å². The Balaban J connectivity index is 1.45. The Morgan fingerprint density at radius 3 is 2.72 bits per heavy atom. The Bertz CT molecular complexity index is 1090. The van der Waals surface area contributed by atoms with Gasteiger partial charge in [-0.2, -0.15) is 0 Å². The number of aryl methyl sites for hydroxylation is 1. The Hall–Kier alpha value is -2.84. The quantitative estimate of drug-likeness (QED) is 0.665. The molecule has 1 atom stereocenters. The molecule has 0 spiro atoms. The molecular weight excluding hydrogens is 415 g/mol. The highest BCUT2D eigenvalue weighted by Crippen LogP contribution is 2.35. The average Bonchev–Trinajstić information content (AvgIpc) is 3.31. The van der Waals surface area contributed by atoms with E-state index in [1.54, 1.807) is 11.0 Å². The first-order chi connectivity index (χ1) is 13.9. The Morgan fingerprint density at radius 1 is 1.24 bits per heavy atom. The van der Waals surface area contributed by atoms with Crippen molar-refractivity contribution in [1.82, 2.24) is 10.2 Å². The van der Waals surface area contributed by atoms with E-state index in [0.717, 1.165) is 11.3 Å². The highest BCUT2D eigenvalue weighted by molar-refractivity contribution is 7.15. The second-order valence-corrected chi connectivity index (χ2v) is 8.16. The van der Waals surface area contributed by atoms with Crippen molar-refractivity contribution in [3.63, 3.8) is 0 Å². The van der Waals surface area contributed by atoms with E-state index in [1.165, 1.54) is 35.6 Å². The maximum Gasteiger partial charge on any atom is 0.257 e. The van der Waals surface area contributed by atoms with Crippen molar-refractivity contribution >= 4 is 45.6 Å². The molecule has 0 aliphatic carbocycles. The van der Waals surface area contributed by atoms with Gasteiger partial charge < -0.3 is 4.90 Å². The molecule has 29 heavy (non-hydrogen) atoms. The number of nitrogens with zero attached hydrogens (tertiary/aromatic N) is 3. The zero-order chi connectivity index (χ0) is 20.5. The van der Waals surface area contributed by atoms with Crippen LogP contribution in [0.5, 0.6) is 0 Å². The summed E-state index contributed by atoms with van der Waals surface area (Å²) in [7, 11) is 0. The number of hydrogen-bond acceptors (Lipinski definition) is 5. The lowest BCUT2D eigenvalue weighted by Crippen LogP contribution is -2.24. The minimum atomic E-state index is -0.412. The van der Waals surface area contributed by atoms with E-state index in [-0.39, 0.29) is 11.8 Å². The second kappa shape index (κ2) is 7.88. The lowest BCUT2D eigenvalue weighted by molar-refractivity contribution is -0.117. The predicted octanol–water partition coefficient (Wildman–Crippen LogP) is 4.41. The highest BCUT2D eigenvalue weighted by atomic mass is 35.5. The van der Waals surface area contributed by atoms with Gasteiger partial charge in [-0.15, -0.1) is 10.2 Å². The third-order valence-electron chi connectivity index (χ3n) is 4.71. The predicted molar refractivity (Wildman–Crippen MR) is 110 cm³/mol. The van der Waals surface area contributed by atoms with Crippen molar-refractivity contribution < 1.29 is 14.0 Å². The summed E-state index contributed by atoms with van der Waals surface area (Å²) < 4.78 is 13.0. The van der Waals surface area contributed by atoms with Crippen LogP contribution in [0.25, 0.3) is 0 Å². The van der Waals surface area contributed by atoms with Gasteiger partial charge in [0.15, 0.2) is 0 Å². The minimum Gasteiger partial charge on any atom is -0.312 e. The third kappa shape index (κ3) is 4.13. The number of amides is 2. The van der Waals surface area contributed by atoms with Crippen LogP contribution >= 0.6 is 22.9 Å². The molecule has 3 aromatic rings. The molecule has 6 nitrogen and oxygen atoms in total. The van der Waals surface area contributed by atoms with Crippen molar-refractivity contribution in [1.29, 1.82) is 0 Å². The van der Waals surface area contributed by atoms with E-state index >= 15 is 0 Å². The fraction of sp³-hybridized carbons (Fsp3) is 0.200. The average molecular weight is 431 g/mol. The van der Waals surface area contributed by atoms with Crippen LogP contribution in [0.1, 0.15) is 33.3 Å². The van der Waals surface area contributed by atoms with Crippen molar-refractivity contribution in [2.24, 2.45) is 0 Å². The third-order valence-corrected chi connectivity index (χ3v) is 6.12. The fourth-order valence-electron chi connectivity index (χ4n) is 3.09. The molecule has 1 aliphatic rings. The van der Waals surface area contributed by atoms with Crippen LogP contribution in [0.2, 0.25) is 5.02 Å². The lowest BCUT2D eigenvalue weighted by Gasteiger charge is -2.17. The number of halogens is 2. The van der Waals surface area contributed by atoms with Crippen LogP contribution in [0, 0.1) is 12.7 Å². The summed E-state index contributed by atoms with van der Waals surface area (Å²) in [5.41, 5.74) is 2.02. The van der Waals surface area contributed by atoms with Gasteiger partial charge in [0.2, 0.25) is 11.0 Å². The number of carbonyl (C=O) groups is 2. The minimum absolute atomic E-state index is 0.0120. The van der Waals surface area contributed by atoms with E-state index in [9.17, 15) is 14.0 Å². The van der Waals surface area contributed by atoms with E-state index in [2.05, 4.69) is 15.5 Å². The van der Waals surface area contributed by atoms with Crippen molar-refractivity contribution in [2.75, 3.05) is 16.8 Å². The molecule has 9 heteroatoms. The monoisotopic (exact) mass is 430 g/mol. The van der Waals surface area contributed by atoms with Crippen molar-refractivity contribution in [3.05, 3.63) is 69.4 Å². The molecular formula is C20H16ClFN4O2S. The van der Waals surface area contributed by atoms with Crippen LogP contribution < -0.4 is 10.2 Å². The first-order valence-corrected chi connectivity index (χ1v) is 10.1. The van der Waals surface area contributed by atoms with Gasteiger partial charge in [-0.25, -0.2) is 4.39 Å². The Kier molecular flexibility index (Phi) is 5.29. The first kappa shape index (κ1) is 19.5. The standard InChI is InChI=1S/C20H16ClFN4O2S/c1-11-2-7-15(9-16(11)21)26-10-13(8-17(26)27)19-24-25-20(29-19)23-18(28)12-3-5-14(22)6-4-12/h2-7,9,13H,8,10H2,1H3,(H,23,25,28)/t13-/m1/s1. The number of hydrogen-bond donors (Lipinski definition) is 1. The van der Waals surface area contributed by atoms with Gasteiger partial charge in [-0.3, -0.25) is 14.9 Å². The molecule has 2 aromatic carbocycles. The van der Waals surface area contributed by atoms with Gasteiger partial charge in [0.05, 0.1) is 0 Å². The number of nitrogens with one attached hydrogen (secondary N) is 1. The molecule has 0 bridgehead atoms. The molecule has 2 heterocycles. The second-order valence-electron chi connectivity index (χ2n) is 6.75. The fourth-order valence-corrected chi connectivity index (χ4v) is 4.10. The zero-order valence-electron chi connectivity index (χ0n) is 15.4. The molecule has 0 saturated carbocycles. The SMILES string of the molecule is Cc1ccc(N2C[C@H](c3nnc(NC(=O)c4ccc(F)cc4)s3)CC2=O)cc1Cl. The Morgan fingerprint density at radius 2 is 2.00 bits per heavy atom. The summed E-state index contributed by atoms with van der Waals surface area (Å²) in [6.07, 6.45) is 0.312. The number of anilines is 2. The van der Waals surface area contributed by atoms with Gasteiger partial charge in [0, 0.05) is 35.2 Å². The normalized spacial score (nSPS) is 16.3. The summed E-state index contributed by atoms with van der Waals surface area (Å²) >= 11 is 7.41. The van der Waals surface area contributed by atoms with Gasteiger partial charge in [0.1, 0.15) is 10.8 Å². The maximum atomic E-state index is 13.0. The molecule has 148 valence electrons. The highest BCUT2D eigenvalue weighted by Gasteiger charge is 2.34. The summed E-state index contributed by atoms with van der Waals surface area (Å²) in [5.74, 6) is -0.935. The van der Waals surface area contributed by atoms with Gasteiger partial charge in [0.25, 0.3) is 5.91 Å². The maximum absolute atomic E-state index is 13.0. The molecule has 1 aliphatic heterocycles. The number of carbonyl (C=O) groups excluding carboxylic acids is 2. The van der Waals surface area contributed by atoms with Gasteiger partial charge >= 0.3 is 0 Å². The summed E-state index contributed by atoms with van der Waals surface area (Å²) in [5, 5.41) is 12.4. The number of benzene rings is 2. The number of aromatic nitrogens is 2. The molecule has 0 unspecified atom stereocenters. The molecule has 1 fully saturated rings. The first-order valence-electron chi connectivity index (χ1n) is 8.87. The Labute approximate surface area is 175 Å². The molecule has 0 radical (unpaired) electrons. The van der Waals surface area contributed by atoms with E-state index in [1.807, 2.05) is 19.1 Å². The molecule has 1 saturated heterocycles. The smallest absolute Gasteiger partial charge is 0.257 e. The van der Waals surface area contributed by atoms with Crippen LogP contribution in [0.3, 0.4) is 0 Å². The zero-order valence-corrected chi connectivity index (χ0v) is 16.9. The topological polar surface area (TPSA) is 75.2 Å². The van der Waals surface area contributed by atoms with Gasteiger partial charge in [-0.05, 0) is 48.9 Å². The van der Waals surface area contributed by atoms with E-state index in [0.29, 0.717) is 33.7 Å². The van der Waals surface area contributed by atoms with Crippen molar-refractivity contribution in [2.45, 2.75) is 19.3 Å². The van der Waals surface area contributed by atoms with Gasteiger partial charge in [-0.1, -0.05) is 29.0 Å². The number of rotatable bonds is 4. The molecule has 4 rings (SSSR count). The largest absolute Gasteiger partial charge is 0.312 e. The molecule has 1 aromatic heterocycles. The molecule has 2 amide bonds. The van der Waals surface area contributed by atoms with Crippen LogP contribution in [0.15, 0.2) is 42.5 Å². The molecule has 1 N–H and O–H groups in total. The summed E-state index contributed by atoms with van der Waals surface area (Å²) in [4.78, 5) is 26.4. The summed E-state index contributed by atoms with van der Waals surface area (Å²) in [6.45, 7) is 2.38. The lowest BCUT2D eigenvalue weighted by atomic mass is 10.1. The van der Waals surface area contributed by atoms with E-state index < -0.39 is 11.7 Å². The van der Waals surface area contributed by atoms with Crippen LogP contribution in [-0.4, -0.2) is 28.6 Å².